The molecule has 0 atom stereocenters. The zero-order valence-corrected chi connectivity index (χ0v) is 9.84. The number of hydrogen-bond donors (Lipinski definition) is 1. The number of hydrogen-bond acceptors (Lipinski definition) is 4. The second kappa shape index (κ2) is 7.46. The lowest BCUT2D eigenvalue weighted by atomic mass is 10.3. The van der Waals surface area contributed by atoms with E-state index in [-0.39, 0.29) is 6.73 Å². The Labute approximate surface area is 81.7 Å². The topological polar surface area (TPSA) is 53.7 Å². The molecule has 0 rings (SSSR count). The minimum Gasteiger partial charge on any atom is -0.377 e. The van der Waals surface area contributed by atoms with Gasteiger partial charge in [0.1, 0.15) is 0 Å². The first-order valence-electron chi connectivity index (χ1n) is 4.69. The minimum absolute atomic E-state index is 0.167. The van der Waals surface area contributed by atoms with E-state index >= 15 is 0 Å². The van der Waals surface area contributed by atoms with Crippen LogP contribution in [0.4, 0.5) is 0 Å². The molecular formula is C8H21NO3Si. The van der Waals surface area contributed by atoms with Gasteiger partial charge in [-0.05, 0) is 6.42 Å². The standard InChI is InChI=1S/C8H21NO3Si/c1-4-5-6-7-13(10-2,11-3)12-8-9/h4-9H2,1-3H3. The van der Waals surface area contributed by atoms with Gasteiger partial charge in [0.15, 0.2) is 0 Å². The van der Waals surface area contributed by atoms with Crippen molar-refractivity contribution in [2.45, 2.75) is 32.2 Å². The second-order valence-electron chi connectivity index (χ2n) is 2.86. The maximum absolute atomic E-state index is 5.35. The molecule has 0 aliphatic carbocycles. The van der Waals surface area contributed by atoms with Crippen molar-refractivity contribution >= 4 is 8.80 Å². The molecule has 0 aromatic heterocycles. The Bertz CT molecular complexity index is 120. The molecule has 13 heavy (non-hydrogen) atoms. The van der Waals surface area contributed by atoms with E-state index in [0.717, 1.165) is 12.5 Å². The first-order chi connectivity index (χ1) is 6.24. The van der Waals surface area contributed by atoms with Crippen molar-refractivity contribution in [2.75, 3.05) is 21.0 Å². The van der Waals surface area contributed by atoms with Crippen molar-refractivity contribution in [2.24, 2.45) is 5.73 Å². The Morgan fingerprint density at radius 3 is 2.15 bits per heavy atom. The van der Waals surface area contributed by atoms with Crippen LogP contribution in [-0.4, -0.2) is 29.8 Å². The summed E-state index contributed by atoms with van der Waals surface area (Å²) in [5.74, 6) is 0. The summed E-state index contributed by atoms with van der Waals surface area (Å²) in [4.78, 5) is 0. The summed E-state index contributed by atoms with van der Waals surface area (Å²) < 4.78 is 15.9. The van der Waals surface area contributed by atoms with Crippen LogP contribution in [-0.2, 0) is 13.3 Å². The lowest BCUT2D eigenvalue weighted by molar-refractivity contribution is 0.100. The van der Waals surface area contributed by atoms with Gasteiger partial charge in [-0.2, -0.15) is 0 Å². The van der Waals surface area contributed by atoms with Gasteiger partial charge in [0.05, 0.1) is 6.73 Å². The molecule has 0 bridgehead atoms. The highest BCUT2D eigenvalue weighted by Gasteiger charge is 2.37. The first kappa shape index (κ1) is 13.1. The van der Waals surface area contributed by atoms with Gasteiger partial charge in [-0.1, -0.05) is 19.8 Å². The van der Waals surface area contributed by atoms with Crippen LogP contribution in [0.15, 0.2) is 0 Å². The normalized spacial score (nSPS) is 12.0. The highest BCUT2D eigenvalue weighted by molar-refractivity contribution is 6.60. The third-order valence-corrected chi connectivity index (χ3v) is 4.83. The molecular weight excluding hydrogens is 186 g/mol. The van der Waals surface area contributed by atoms with Crippen molar-refractivity contribution in [3.8, 4) is 0 Å². The van der Waals surface area contributed by atoms with Gasteiger partial charge in [0, 0.05) is 20.3 Å². The van der Waals surface area contributed by atoms with Gasteiger partial charge in [-0.25, -0.2) is 0 Å². The monoisotopic (exact) mass is 207 g/mol. The van der Waals surface area contributed by atoms with Crippen molar-refractivity contribution in [3.63, 3.8) is 0 Å². The molecule has 0 aliphatic heterocycles. The molecule has 5 heteroatoms. The van der Waals surface area contributed by atoms with Crippen LogP contribution in [0, 0.1) is 0 Å². The van der Waals surface area contributed by atoms with Crippen LogP contribution >= 0.6 is 0 Å². The number of rotatable bonds is 8. The average Bonchev–Trinajstić information content (AvgIpc) is 2.17. The van der Waals surface area contributed by atoms with Crippen LogP contribution in [0.5, 0.6) is 0 Å². The molecule has 0 spiro atoms. The summed E-state index contributed by atoms with van der Waals surface area (Å²) in [7, 11) is 0.839. The van der Waals surface area contributed by atoms with E-state index in [1.807, 2.05) is 0 Å². The molecule has 0 aromatic carbocycles. The van der Waals surface area contributed by atoms with E-state index in [9.17, 15) is 0 Å². The SMILES string of the molecule is CCCCC[Si](OC)(OC)OCN. The maximum atomic E-state index is 5.35. The number of unbranched alkanes of at least 4 members (excludes halogenated alkanes) is 2. The molecule has 0 saturated heterocycles. The summed E-state index contributed by atoms with van der Waals surface area (Å²) >= 11 is 0. The largest absolute Gasteiger partial charge is 0.501 e. The Morgan fingerprint density at radius 2 is 1.77 bits per heavy atom. The van der Waals surface area contributed by atoms with E-state index in [2.05, 4.69) is 6.92 Å². The lowest BCUT2D eigenvalue weighted by Gasteiger charge is -2.25. The molecule has 0 heterocycles. The molecule has 0 unspecified atom stereocenters. The lowest BCUT2D eigenvalue weighted by Crippen LogP contribution is -2.45. The fourth-order valence-corrected chi connectivity index (χ4v) is 3.09. The van der Waals surface area contributed by atoms with E-state index in [1.165, 1.54) is 12.8 Å². The van der Waals surface area contributed by atoms with Crippen molar-refractivity contribution in [3.05, 3.63) is 0 Å². The average molecular weight is 207 g/mol. The fraction of sp³-hybridized carbons (Fsp3) is 1.00. The van der Waals surface area contributed by atoms with Gasteiger partial charge in [0.2, 0.25) is 0 Å². The third kappa shape index (κ3) is 4.73. The summed E-state index contributed by atoms with van der Waals surface area (Å²) in [5, 5.41) is 0. The predicted molar refractivity (Wildman–Crippen MR) is 54.2 cm³/mol. The minimum atomic E-state index is -2.41. The summed E-state index contributed by atoms with van der Waals surface area (Å²) in [6.07, 6.45) is 3.43. The Kier molecular flexibility index (Phi) is 7.49. The fourth-order valence-electron chi connectivity index (χ4n) is 1.20. The molecule has 0 fully saturated rings. The highest BCUT2D eigenvalue weighted by atomic mass is 28.4. The van der Waals surface area contributed by atoms with E-state index in [1.54, 1.807) is 14.2 Å². The van der Waals surface area contributed by atoms with Gasteiger partial charge >= 0.3 is 8.80 Å². The Balaban J connectivity index is 3.89. The zero-order valence-electron chi connectivity index (χ0n) is 8.84. The quantitative estimate of drug-likeness (QED) is 0.371. The van der Waals surface area contributed by atoms with Gasteiger partial charge in [-0.3, -0.25) is 0 Å². The molecule has 0 saturated carbocycles. The van der Waals surface area contributed by atoms with Crippen molar-refractivity contribution in [1.82, 2.24) is 0 Å². The number of nitrogens with two attached hydrogens (primary N) is 1. The first-order valence-corrected chi connectivity index (χ1v) is 6.62. The van der Waals surface area contributed by atoms with Crippen LogP contribution in [0.25, 0.3) is 0 Å². The van der Waals surface area contributed by atoms with Gasteiger partial charge < -0.3 is 19.0 Å². The second-order valence-corrected chi connectivity index (χ2v) is 5.83. The highest BCUT2D eigenvalue weighted by Crippen LogP contribution is 2.17. The van der Waals surface area contributed by atoms with Gasteiger partial charge in [-0.15, -0.1) is 0 Å². The van der Waals surface area contributed by atoms with Crippen LogP contribution in [0.3, 0.4) is 0 Å². The summed E-state index contributed by atoms with van der Waals surface area (Å²) in [6, 6.07) is 0.852. The molecule has 0 aliphatic rings. The molecule has 0 aromatic rings. The van der Waals surface area contributed by atoms with Crippen LogP contribution < -0.4 is 5.73 Å². The predicted octanol–water partition coefficient (Wildman–Crippen LogP) is 1.34. The van der Waals surface area contributed by atoms with Crippen molar-refractivity contribution in [1.29, 1.82) is 0 Å². The van der Waals surface area contributed by atoms with Gasteiger partial charge in [0.25, 0.3) is 0 Å². The molecule has 0 radical (unpaired) electrons. The molecule has 4 nitrogen and oxygen atoms in total. The molecule has 2 N–H and O–H groups in total. The molecule has 80 valence electrons. The van der Waals surface area contributed by atoms with E-state index in [4.69, 9.17) is 19.0 Å². The maximum Gasteiger partial charge on any atom is 0.501 e. The Hall–Kier alpha value is 0.0569. The summed E-state index contributed by atoms with van der Waals surface area (Å²) in [6.45, 7) is 2.33. The van der Waals surface area contributed by atoms with E-state index < -0.39 is 8.80 Å². The van der Waals surface area contributed by atoms with Crippen LogP contribution in [0.1, 0.15) is 26.2 Å². The van der Waals surface area contributed by atoms with Crippen LogP contribution in [0.2, 0.25) is 6.04 Å². The van der Waals surface area contributed by atoms with Crippen molar-refractivity contribution < 1.29 is 13.3 Å². The smallest absolute Gasteiger partial charge is 0.377 e. The molecule has 0 amide bonds. The zero-order chi connectivity index (χ0) is 10.2. The summed E-state index contributed by atoms with van der Waals surface area (Å²) in [5.41, 5.74) is 5.32. The Morgan fingerprint density at radius 1 is 1.15 bits per heavy atom. The van der Waals surface area contributed by atoms with E-state index in [0.29, 0.717) is 0 Å². The third-order valence-electron chi connectivity index (χ3n) is 2.01.